The smallest absolute Gasteiger partial charge is 0.331 e. The molecule has 1 aromatic heterocycles. The molecule has 2 aromatic rings. The first-order valence-corrected chi connectivity index (χ1v) is 8.50. The van der Waals surface area contributed by atoms with Crippen LogP contribution in [0, 0.1) is 5.41 Å². The molecular formula is C20H23N3O5. The van der Waals surface area contributed by atoms with E-state index in [1.165, 1.54) is 19.3 Å². The summed E-state index contributed by atoms with van der Waals surface area (Å²) in [6.45, 7) is 1.64. The van der Waals surface area contributed by atoms with Gasteiger partial charge in [0.25, 0.3) is 0 Å². The molecule has 0 bridgehead atoms. The maximum atomic E-state index is 11.3. The van der Waals surface area contributed by atoms with E-state index >= 15 is 0 Å². The van der Waals surface area contributed by atoms with E-state index in [1.54, 1.807) is 23.9 Å². The number of nitrogens with zero attached hydrogens (tertiary/aromatic N) is 2. The molecule has 4 N–H and O–H groups in total. The SMILES string of the molecule is COCC1(C(=O)O)CC(C(=O)O)=CC=C1C.Nc1ccnn1-c1ccccc1. The van der Waals surface area contributed by atoms with E-state index in [9.17, 15) is 14.7 Å². The molecule has 0 amide bonds. The minimum atomic E-state index is -1.25. The number of rotatable bonds is 5. The number of hydrogen-bond donors (Lipinski definition) is 3. The summed E-state index contributed by atoms with van der Waals surface area (Å²) in [5.41, 5.74) is 6.10. The largest absolute Gasteiger partial charge is 0.481 e. The molecule has 28 heavy (non-hydrogen) atoms. The first kappa shape index (κ1) is 20.9. The van der Waals surface area contributed by atoms with Crippen LogP contribution in [-0.4, -0.2) is 45.6 Å². The molecule has 0 radical (unpaired) electrons. The molecule has 1 atom stereocenters. The quantitative estimate of drug-likeness (QED) is 0.721. The van der Waals surface area contributed by atoms with Crippen LogP contribution in [0.1, 0.15) is 13.3 Å². The van der Waals surface area contributed by atoms with Crippen molar-refractivity contribution in [2.24, 2.45) is 5.41 Å². The van der Waals surface area contributed by atoms with Crippen molar-refractivity contribution in [2.45, 2.75) is 13.3 Å². The van der Waals surface area contributed by atoms with Crippen molar-refractivity contribution in [1.29, 1.82) is 0 Å². The Morgan fingerprint density at radius 3 is 2.39 bits per heavy atom. The molecule has 148 valence electrons. The molecule has 8 heteroatoms. The van der Waals surface area contributed by atoms with Crippen LogP contribution in [0.25, 0.3) is 5.69 Å². The first-order valence-electron chi connectivity index (χ1n) is 8.50. The van der Waals surface area contributed by atoms with Crippen molar-refractivity contribution in [3.05, 3.63) is 65.9 Å². The molecule has 3 rings (SSSR count). The standard InChI is InChI=1S/C11H14O5.C9H9N3/c1-7-3-4-8(9(12)13)5-11(7,6-16-2)10(14)15;10-9-6-7-11-12(9)8-4-2-1-3-5-8/h3-4H,5-6H2,1-2H3,(H,12,13)(H,14,15);1-7H,10H2. The van der Waals surface area contributed by atoms with Gasteiger partial charge in [-0.25, -0.2) is 9.48 Å². The number of hydrogen-bond acceptors (Lipinski definition) is 5. The molecule has 1 aromatic carbocycles. The zero-order chi connectivity index (χ0) is 20.7. The van der Waals surface area contributed by atoms with Crippen LogP contribution in [0.3, 0.4) is 0 Å². The highest BCUT2D eigenvalue weighted by molar-refractivity contribution is 5.90. The Balaban J connectivity index is 0.000000207. The summed E-state index contributed by atoms with van der Waals surface area (Å²) in [6.07, 6.45) is 4.60. The summed E-state index contributed by atoms with van der Waals surface area (Å²) in [4.78, 5) is 22.1. The van der Waals surface area contributed by atoms with Gasteiger partial charge in [0, 0.05) is 25.2 Å². The Bertz CT molecular complexity index is 902. The van der Waals surface area contributed by atoms with Gasteiger partial charge in [0.05, 0.1) is 18.5 Å². The molecule has 1 unspecified atom stereocenters. The molecule has 0 fully saturated rings. The van der Waals surface area contributed by atoms with Gasteiger partial charge >= 0.3 is 11.9 Å². The molecule has 1 aliphatic carbocycles. The lowest BCUT2D eigenvalue weighted by Gasteiger charge is -2.32. The second-order valence-electron chi connectivity index (χ2n) is 6.35. The monoisotopic (exact) mass is 385 g/mol. The fourth-order valence-corrected chi connectivity index (χ4v) is 2.87. The van der Waals surface area contributed by atoms with Gasteiger partial charge in [0.2, 0.25) is 0 Å². The van der Waals surface area contributed by atoms with E-state index in [0.29, 0.717) is 11.4 Å². The zero-order valence-corrected chi connectivity index (χ0v) is 15.7. The lowest BCUT2D eigenvalue weighted by Crippen LogP contribution is -2.39. The van der Waals surface area contributed by atoms with Gasteiger partial charge in [0.1, 0.15) is 11.2 Å². The summed E-state index contributed by atoms with van der Waals surface area (Å²) < 4.78 is 6.60. The van der Waals surface area contributed by atoms with Crippen LogP contribution in [0.15, 0.2) is 65.9 Å². The summed E-state index contributed by atoms with van der Waals surface area (Å²) >= 11 is 0. The van der Waals surface area contributed by atoms with E-state index in [0.717, 1.165) is 5.69 Å². The van der Waals surface area contributed by atoms with E-state index < -0.39 is 17.4 Å². The molecule has 0 saturated heterocycles. The highest BCUT2D eigenvalue weighted by atomic mass is 16.5. The number of nitrogen functional groups attached to an aromatic ring is 1. The number of methoxy groups -OCH3 is 1. The fraction of sp³-hybridized carbons (Fsp3) is 0.250. The topological polar surface area (TPSA) is 128 Å². The molecule has 0 spiro atoms. The van der Waals surface area contributed by atoms with Gasteiger partial charge in [-0.05, 0) is 19.1 Å². The summed E-state index contributed by atoms with van der Waals surface area (Å²) in [6, 6.07) is 11.6. The van der Waals surface area contributed by atoms with Gasteiger partial charge < -0.3 is 20.7 Å². The Morgan fingerprint density at radius 2 is 1.89 bits per heavy atom. The van der Waals surface area contributed by atoms with E-state index in [1.807, 2.05) is 30.3 Å². The number of allylic oxidation sites excluding steroid dienone is 2. The molecule has 0 saturated carbocycles. The van der Waals surface area contributed by atoms with Crippen LogP contribution < -0.4 is 5.73 Å². The Morgan fingerprint density at radius 1 is 1.21 bits per heavy atom. The molecule has 8 nitrogen and oxygen atoms in total. The Hall–Kier alpha value is -3.39. The summed E-state index contributed by atoms with van der Waals surface area (Å²) in [5, 5.41) is 22.2. The molecule has 0 aliphatic heterocycles. The van der Waals surface area contributed by atoms with Crippen LogP contribution in [-0.2, 0) is 14.3 Å². The highest BCUT2D eigenvalue weighted by Gasteiger charge is 2.43. The van der Waals surface area contributed by atoms with Crippen LogP contribution in [0.4, 0.5) is 5.82 Å². The van der Waals surface area contributed by atoms with Crippen LogP contribution in [0.5, 0.6) is 0 Å². The third kappa shape index (κ3) is 4.47. The van der Waals surface area contributed by atoms with E-state index in [-0.39, 0.29) is 18.6 Å². The highest BCUT2D eigenvalue weighted by Crippen LogP contribution is 2.38. The number of carboxylic acids is 2. The lowest BCUT2D eigenvalue weighted by atomic mass is 9.73. The van der Waals surface area contributed by atoms with Crippen LogP contribution in [0.2, 0.25) is 0 Å². The van der Waals surface area contributed by atoms with Crippen molar-refractivity contribution >= 4 is 17.8 Å². The van der Waals surface area contributed by atoms with Crippen molar-refractivity contribution in [2.75, 3.05) is 19.5 Å². The fourth-order valence-electron chi connectivity index (χ4n) is 2.87. The number of aromatic nitrogens is 2. The predicted octanol–water partition coefficient (Wildman–Crippen LogP) is 2.52. The van der Waals surface area contributed by atoms with Crippen molar-refractivity contribution < 1.29 is 24.5 Å². The number of anilines is 1. The molecule has 1 heterocycles. The number of para-hydroxylation sites is 1. The minimum Gasteiger partial charge on any atom is -0.481 e. The summed E-state index contributed by atoms with van der Waals surface area (Å²) in [5.74, 6) is -1.50. The lowest BCUT2D eigenvalue weighted by molar-refractivity contribution is -0.149. The maximum absolute atomic E-state index is 11.3. The van der Waals surface area contributed by atoms with Gasteiger partial charge in [-0.15, -0.1) is 0 Å². The minimum absolute atomic E-state index is 0.0325. The number of nitrogens with two attached hydrogens (primary N) is 1. The van der Waals surface area contributed by atoms with Crippen molar-refractivity contribution in [3.8, 4) is 5.69 Å². The predicted molar refractivity (Wildman–Crippen MR) is 104 cm³/mol. The second kappa shape index (κ2) is 9.01. The van der Waals surface area contributed by atoms with Gasteiger partial charge in [-0.1, -0.05) is 35.9 Å². The van der Waals surface area contributed by atoms with Gasteiger partial charge in [-0.3, -0.25) is 4.79 Å². The number of carbonyl (C=O) groups is 2. The van der Waals surface area contributed by atoms with Crippen molar-refractivity contribution in [1.82, 2.24) is 9.78 Å². The second-order valence-corrected chi connectivity index (χ2v) is 6.35. The van der Waals surface area contributed by atoms with Gasteiger partial charge in [0.15, 0.2) is 0 Å². The van der Waals surface area contributed by atoms with E-state index in [4.69, 9.17) is 15.6 Å². The third-order valence-corrected chi connectivity index (χ3v) is 4.53. The summed E-state index contributed by atoms with van der Waals surface area (Å²) in [7, 11) is 1.40. The number of carboxylic acid groups (broad SMARTS) is 2. The van der Waals surface area contributed by atoms with Crippen molar-refractivity contribution in [3.63, 3.8) is 0 Å². The Kier molecular flexibility index (Phi) is 6.73. The van der Waals surface area contributed by atoms with Crippen LogP contribution >= 0.6 is 0 Å². The van der Waals surface area contributed by atoms with Gasteiger partial charge in [-0.2, -0.15) is 5.10 Å². The normalized spacial score (nSPS) is 18.4. The maximum Gasteiger partial charge on any atom is 0.331 e. The number of benzene rings is 1. The third-order valence-electron chi connectivity index (χ3n) is 4.53. The average Bonchev–Trinajstić information content (AvgIpc) is 3.10. The average molecular weight is 385 g/mol. The molecular weight excluding hydrogens is 362 g/mol. The number of aliphatic carboxylic acids is 2. The van der Waals surface area contributed by atoms with E-state index in [2.05, 4.69) is 5.10 Å². The zero-order valence-electron chi connectivity index (χ0n) is 15.7. The molecule has 1 aliphatic rings. The Labute approximate surface area is 162 Å². The first-order chi connectivity index (χ1) is 13.3. The number of ether oxygens (including phenoxy) is 1.